The second-order valence-electron chi connectivity index (χ2n) is 4.51. The van der Waals surface area contributed by atoms with E-state index in [0.29, 0.717) is 16.0 Å². The quantitative estimate of drug-likeness (QED) is 0.446. The fourth-order valence-electron chi connectivity index (χ4n) is 2.16. The molecule has 18 heavy (non-hydrogen) atoms. The number of rotatable bonds is 0. The minimum atomic E-state index is -0.303. The topological polar surface area (TPSA) is 30.2 Å². The Labute approximate surface area is 109 Å². The number of hydrogen-bond donors (Lipinski definition) is 0. The van der Waals surface area contributed by atoms with Crippen molar-refractivity contribution >= 4 is 33.3 Å². The van der Waals surface area contributed by atoms with Gasteiger partial charge in [-0.1, -0.05) is 17.7 Å². The maximum Gasteiger partial charge on any atom is 0.344 e. The highest BCUT2D eigenvalue weighted by Crippen LogP contribution is 2.27. The van der Waals surface area contributed by atoms with Gasteiger partial charge in [0, 0.05) is 15.8 Å². The fraction of sp³-hybridized carbons (Fsp3) is 0.133. The molecule has 0 aliphatic rings. The van der Waals surface area contributed by atoms with Gasteiger partial charge in [0.25, 0.3) is 0 Å². The van der Waals surface area contributed by atoms with Crippen LogP contribution in [0.25, 0.3) is 21.7 Å². The zero-order valence-corrected chi connectivity index (χ0v) is 10.8. The van der Waals surface area contributed by atoms with Crippen LogP contribution in [0, 0.1) is 13.8 Å². The second kappa shape index (κ2) is 3.85. The number of benzene rings is 2. The van der Waals surface area contributed by atoms with Gasteiger partial charge in [-0.3, -0.25) is 0 Å². The van der Waals surface area contributed by atoms with Crippen LogP contribution in [0.4, 0.5) is 0 Å². The van der Waals surface area contributed by atoms with Crippen molar-refractivity contribution in [3.63, 3.8) is 0 Å². The third-order valence-corrected chi connectivity index (χ3v) is 3.52. The van der Waals surface area contributed by atoms with Crippen LogP contribution in [0.3, 0.4) is 0 Å². The molecule has 90 valence electrons. The molecule has 3 aromatic rings. The van der Waals surface area contributed by atoms with Crippen molar-refractivity contribution in [3.8, 4) is 0 Å². The lowest BCUT2D eigenvalue weighted by atomic mass is 10.0. The number of halogens is 1. The van der Waals surface area contributed by atoms with Crippen molar-refractivity contribution < 1.29 is 4.42 Å². The Morgan fingerprint density at radius 2 is 1.61 bits per heavy atom. The van der Waals surface area contributed by atoms with Crippen molar-refractivity contribution in [2.24, 2.45) is 0 Å². The first-order valence-electron chi connectivity index (χ1n) is 5.69. The first kappa shape index (κ1) is 11.3. The Morgan fingerprint density at radius 3 is 2.33 bits per heavy atom. The average molecular weight is 259 g/mol. The molecule has 1 aromatic heterocycles. The summed E-state index contributed by atoms with van der Waals surface area (Å²) in [6.07, 6.45) is 0. The molecule has 0 radical (unpaired) electrons. The third kappa shape index (κ3) is 1.61. The molecular weight excluding hydrogens is 248 g/mol. The summed E-state index contributed by atoms with van der Waals surface area (Å²) in [6, 6.07) is 9.17. The summed E-state index contributed by atoms with van der Waals surface area (Å²) in [5.41, 5.74) is 2.49. The van der Waals surface area contributed by atoms with Gasteiger partial charge >= 0.3 is 5.63 Å². The molecule has 0 atom stereocenters. The summed E-state index contributed by atoms with van der Waals surface area (Å²) in [5, 5.41) is 3.01. The molecule has 3 rings (SSSR count). The Hall–Kier alpha value is -1.80. The Morgan fingerprint density at radius 1 is 0.944 bits per heavy atom. The van der Waals surface area contributed by atoms with Gasteiger partial charge in [-0.15, -0.1) is 0 Å². The maximum absolute atomic E-state index is 11.9. The van der Waals surface area contributed by atoms with E-state index in [1.165, 1.54) is 0 Å². The van der Waals surface area contributed by atoms with Gasteiger partial charge in [0.1, 0.15) is 5.58 Å². The van der Waals surface area contributed by atoms with Crippen molar-refractivity contribution in [1.29, 1.82) is 0 Å². The van der Waals surface area contributed by atoms with E-state index in [4.69, 9.17) is 16.0 Å². The van der Waals surface area contributed by atoms with Gasteiger partial charge < -0.3 is 4.42 Å². The van der Waals surface area contributed by atoms with E-state index in [2.05, 4.69) is 0 Å². The van der Waals surface area contributed by atoms with Crippen molar-refractivity contribution in [3.05, 3.63) is 56.9 Å². The monoisotopic (exact) mass is 258 g/mol. The molecule has 3 heteroatoms. The number of fused-ring (bicyclic) bond motifs is 3. The summed E-state index contributed by atoms with van der Waals surface area (Å²) >= 11 is 6.01. The van der Waals surface area contributed by atoms with E-state index in [1.54, 1.807) is 12.1 Å². The first-order chi connectivity index (χ1) is 8.56. The molecule has 0 amide bonds. The lowest BCUT2D eigenvalue weighted by Gasteiger charge is -2.06. The molecule has 0 saturated carbocycles. The van der Waals surface area contributed by atoms with E-state index in [-0.39, 0.29) is 5.63 Å². The molecule has 0 unspecified atom stereocenters. The van der Waals surface area contributed by atoms with E-state index in [1.807, 2.05) is 32.0 Å². The zero-order valence-electron chi connectivity index (χ0n) is 10.1. The molecule has 2 aromatic carbocycles. The minimum absolute atomic E-state index is 0.303. The smallest absolute Gasteiger partial charge is 0.344 e. The van der Waals surface area contributed by atoms with Crippen LogP contribution >= 0.6 is 11.6 Å². The zero-order chi connectivity index (χ0) is 12.9. The fourth-order valence-corrected chi connectivity index (χ4v) is 2.34. The molecule has 0 aliphatic heterocycles. The highest BCUT2D eigenvalue weighted by atomic mass is 35.5. The summed E-state index contributed by atoms with van der Waals surface area (Å²) in [6.45, 7) is 4.01. The molecule has 0 aliphatic carbocycles. The third-order valence-electron chi connectivity index (χ3n) is 3.29. The van der Waals surface area contributed by atoms with E-state index >= 15 is 0 Å². The van der Waals surface area contributed by atoms with Crippen LogP contribution in [0.5, 0.6) is 0 Å². The van der Waals surface area contributed by atoms with Gasteiger partial charge in [0.15, 0.2) is 0 Å². The summed E-state index contributed by atoms with van der Waals surface area (Å²) in [4.78, 5) is 11.9. The largest absolute Gasteiger partial charge is 0.422 e. The molecule has 0 N–H and O–H groups in total. The van der Waals surface area contributed by atoms with Crippen LogP contribution < -0.4 is 5.63 Å². The average Bonchev–Trinajstić information content (AvgIpc) is 2.33. The predicted molar refractivity (Wildman–Crippen MR) is 74.5 cm³/mol. The molecule has 0 fully saturated rings. The minimum Gasteiger partial charge on any atom is -0.422 e. The van der Waals surface area contributed by atoms with Crippen molar-refractivity contribution in [2.45, 2.75) is 13.8 Å². The van der Waals surface area contributed by atoms with E-state index in [0.717, 1.165) is 21.9 Å². The molecular formula is C15H11ClO2. The lowest BCUT2D eigenvalue weighted by molar-refractivity contribution is 0.569. The Bertz CT molecular complexity index is 831. The van der Waals surface area contributed by atoms with Crippen molar-refractivity contribution in [1.82, 2.24) is 0 Å². The van der Waals surface area contributed by atoms with Gasteiger partial charge in [0.2, 0.25) is 0 Å². The van der Waals surface area contributed by atoms with E-state index < -0.39 is 0 Å². The highest BCUT2D eigenvalue weighted by molar-refractivity contribution is 6.31. The summed E-state index contributed by atoms with van der Waals surface area (Å²) in [5.74, 6) is 0. The SMILES string of the molecule is Cc1cc2c(=O)oc3ccc(Cl)cc3c2cc1C. The first-order valence-corrected chi connectivity index (χ1v) is 6.07. The molecule has 0 spiro atoms. The second-order valence-corrected chi connectivity index (χ2v) is 4.95. The van der Waals surface area contributed by atoms with Gasteiger partial charge in [-0.2, -0.15) is 0 Å². The maximum atomic E-state index is 11.9. The number of aryl methyl sites for hydroxylation is 2. The van der Waals surface area contributed by atoms with Gasteiger partial charge in [0.05, 0.1) is 5.39 Å². The Kier molecular flexibility index (Phi) is 2.42. The Balaban J connectivity index is 2.63. The predicted octanol–water partition coefficient (Wildman–Crippen LogP) is 4.22. The molecule has 0 saturated heterocycles. The van der Waals surface area contributed by atoms with Gasteiger partial charge in [-0.25, -0.2) is 4.79 Å². The van der Waals surface area contributed by atoms with Crippen LogP contribution in [0.1, 0.15) is 11.1 Å². The summed E-state index contributed by atoms with van der Waals surface area (Å²) < 4.78 is 5.31. The van der Waals surface area contributed by atoms with Crippen LogP contribution in [-0.4, -0.2) is 0 Å². The van der Waals surface area contributed by atoms with Crippen LogP contribution in [0.15, 0.2) is 39.5 Å². The van der Waals surface area contributed by atoms with Crippen LogP contribution in [0.2, 0.25) is 5.02 Å². The standard InChI is InChI=1S/C15H11ClO2/c1-8-5-11-12-7-10(16)3-4-14(12)18-15(17)13(11)6-9(8)2/h3-7H,1-2H3. The highest BCUT2D eigenvalue weighted by Gasteiger charge is 2.09. The normalized spacial score (nSPS) is 11.3. The number of hydrogen-bond acceptors (Lipinski definition) is 2. The molecule has 0 bridgehead atoms. The van der Waals surface area contributed by atoms with E-state index in [9.17, 15) is 4.79 Å². The van der Waals surface area contributed by atoms with Crippen molar-refractivity contribution in [2.75, 3.05) is 0 Å². The van der Waals surface area contributed by atoms with Crippen LogP contribution in [-0.2, 0) is 0 Å². The lowest BCUT2D eigenvalue weighted by Crippen LogP contribution is -2.00. The summed E-state index contributed by atoms with van der Waals surface area (Å²) in [7, 11) is 0. The molecule has 1 heterocycles. The van der Waals surface area contributed by atoms with Gasteiger partial charge in [-0.05, 0) is 49.2 Å². The molecule has 2 nitrogen and oxygen atoms in total.